The molecular weight excluding hydrogens is 316 g/mol. The van der Waals surface area contributed by atoms with Crippen LogP contribution in [0.4, 0.5) is 0 Å². The second-order valence-corrected chi connectivity index (χ2v) is 6.23. The van der Waals surface area contributed by atoms with E-state index in [-0.39, 0.29) is 11.7 Å². The highest BCUT2D eigenvalue weighted by Gasteiger charge is 2.16. The summed E-state index contributed by atoms with van der Waals surface area (Å²) in [7, 11) is 0. The molecule has 2 saturated heterocycles. The summed E-state index contributed by atoms with van der Waals surface area (Å²) in [5, 5.41) is 20.9. The fraction of sp³-hybridized carbons (Fsp3) is 0.400. The number of phenolic OH excluding ortho intramolecular Hbond substituents is 1. The van der Waals surface area contributed by atoms with E-state index in [0.717, 1.165) is 38.4 Å². The Morgan fingerprint density at radius 3 is 2.96 bits per heavy atom. The standard InChI is InChI=1S/C15H18N4O3S/c20-13-2-1-11(9-19-3-5-22-6-4-19)7-12(13)8-16-18-15-17-14(21)10-23-15/h1-2,7-8,20H,3-6,9-10H2,(H,17,18,21). The Labute approximate surface area is 138 Å². The SMILES string of the molecule is O=C1CSC(=NN=Cc2cc(CN3CCOCC3)ccc2O)N1. The average Bonchev–Trinajstić information content (AvgIpc) is 2.97. The van der Waals surface area contributed by atoms with Gasteiger partial charge >= 0.3 is 0 Å². The highest BCUT2D eigenvalue weighted by atomic mass is 32.2. The fourth-order valence-corrected chi connectivity index (χ4v) is 2.98. The van der Waals surface area contributed by atoms with Gasteiger partial charge in [0.2, 0.25) is 5.91 Å². The molecule has 1 amide bonds. The average molecular weight is 334 g/mol. The van der Waals surface area contributed by atoms with Crippen LogP contribution in [0.3, 0.4) is 0 Å². The normalized spacial score (nSPS) is 21.2. The molecule has 23 heavy (non-hydrogen) atoms. The molecule has 0 aliphatic carbocycles. The molecule has 2 fully saturated rings. The largest absolute Gasteiger partial charge is 0.507 e. The van der Waals surface area contributed by atoms with E-state index < -0.39 is 0 Å². The monoisotopic (exact) mass is 334 g/mol. The third-order valence-electron chi connectivity index (χ3n) is 3.53. The number of nitrogens with zero attached hydrogens (tertiary/aromatic N) is 3. The van der Waals surface area contributed by atoms with Crippen LogP contribution in [0.1, 0.15) is 11.1 Å². The lowest BCUT2D eigenvalue weighted by molar-refractivity contribution is -0.116. The predicted molar refractivity (Wildman–Crippen MR) is 89.8 cm³/mol. The Hall–Kier alpha value is -1.90. The van der Waals surface area contributed by atoms with Gasteiger partial charge in [-0.25, -0.2) is 0 Å². The summed E-state index contributed by atoms with van der Waals surface area (Å²) in [6.07, 6.45) is 1.50. The minimum Gasteiger partial charge on any atom is -0.507 e. The minimum absolute atomic E-state index is 0.0701. The van der Waals surface area contributed by atoms with Crippen molar-refractivity contribution in [1.82, 2.24) is 10.2 Å². The van der Waals surface area contributed by atoms with E-state index in [4.69, 9.17) is 4.74 Å². The van der Waals surface area contributed by atoms with Gasteiger partial charge in [0.05, 0.1) is 25.2 Å². The van der Waals surface area contributed by atoms with Gasteiger partial charge in [-0.05, 0) is 17.7 Å². The molecular formula is C15H18N4O3S. The van der Waals surface area contributed by atoms with E-state index in [1.165, 1.54) is 18.0 Å². The lowest BCUT2D eigenvalue weighted by atomic mass is 10.1. The highest BCUT2D eigenvalue weighted by molar-refractivity contribution is 8.15. The first-order chi connectivity index (χ1) is 11.2. The van der Waals surface area contributed by atoms with Crippen LogP contribution in [0, 0.1) is 0 Å². The van der Waals surface area contributed by atoms with Crippen molar-refractivity contribution in [3.63, 3.8) is 0 Å². The number of carbonyl (C=O) groups is 1. The first-order valence-corrected chi connectivity index (χ1v) is 8.35. The Balaban J connectivity index is 1.66. The van der Waals surface area contributed by atoms with Crippen molar-refractivity contribution in [3.8, 4) is 5.75 Å². The van der Waals surface area contributed by atoms with Gasteiger partial charge in [-0.15, -0.1) is 5.10 Å². The first-order valence-electron chi connectivity index (χ1n) is 7.36. The molecule has 0 spiro atoms. The van der Waals surface area contributed by atoms with Gasteiger partial charge in [-0.1, -0.05) is 17.8 Å². The van der Waals surface area contributed by atoms with Gasteiger partial charge in [-0.2, -0.15) is 5.10 Å². The summed E-state index contributed by atoms with van der Waals surface area (Å²) < 4.78 is 5.34. The summed E-state index contributed by atoms with van der Waals surface area (Å²) in [5.74, 6) is 0.455. The molecule has 2 N–H and O–H groups in total. The number of ether oxygens (including phenoxy) is 1. The van der Waals surface area contributed by atoms with Gasteiger partial charge in [0.1, 0.15) is 5.75 Å². The quantitative estimate of drug-likeness (QED) is 0.628. The summed E-state index contributed by atoms with van der Waals surface area (Å²) in [6.45, 7) is 4.15. The molecule has 8 heteroatoms. The number of amides is 1. The fourth-order valence-electron chi connectivity index (χ4n) is 2.35. The summed E-state index contributed by atoms with van der Waals surface area (Å²) >= 11 is 1.31. The van der Waals surface area contributed by atoms with Crippen LogP contribution in [0.2, 0.25) is 0 Å². The highest BCUT2D eigenvalue weighted by Crippen LogP contribution is 2.18. The number of morpholine rings is 1. The van der Waals surface area contributed by atoms with Crippen LogP contribution in [0.5, 0.6) is 5.75 Å². The van der Waals surface area contributed by atoms with Crippen molar-refractivity contribution in [3.05, 3.63) is 29.3 Å². The zero-order valence-corrected chi connectivity index (χ0v) is 13.4. The smallest absolute Gasteiger partial charge is 0.236 e. The number of nitrogens with one attached hydrogen (secondary N) is 1. The number of rotatable bonds is 4. The molecule has 0 bridgehead atoms. The van der Waals surface area contributed by atoms with Gasteiger partial charge in [0.15, 0.2) is 5.17 Å². The molecule has 2 aliphatic heterocycles. The number of phenols is 1. The second-order valence-electron chi connectivity index (χ2n) is 5.27. The minimum atomic E-state index is -0.0701. The Morgan fingerprint density at radius 1 is 1.39 bits per heavy atom. The van der Waals surface area contributed by atoms with Gasteiger partial charge < -0.3 is 15.2 Å². The Kier molecular flexibility index (Phi) is 5.27. The predicted octanol–water partition coefficient (Wildman–Crippen LogP) is 0.777. The van der Waals surface area contributed by atoms with Crippen LogP contribution >= 0.6 is 11.8 Å². The van der Waals surface area contributed by atoms with Crippen LogP contribution in [-0.4, -0.2) is 59.4 Å². The topological polar surface area (TPSA) is 86.5 Å². The Bertz CT molecular complexity index is 642. The van der Waals surface area contributed by atoms with Gasteiger partial charge in [0.25, 0.3) is 0 Å². The number of amidine groups is 1. The lowest BCUT2D eigenvalue weighted by Gasteiger charge is -2.26. The third kappa shape index (κ3) is 4.54. The summed E-state index contributed by atoms with van der Waals surface area (Å²) in [5.41, 5.74) is 1.71. The van der Waals surface area contributed by atoms with Crippen LogP contribution in [0.25, 0.3) is 0 Å². The van der Waals surface area contributed by atoms with Crippen molar-refractivity contribution < 1.29 is 14.6 Å². The van der Waals surface area contributed by atoms with Crippen LogP contribution in [0.15, 0.2) is 28.4 Å². The number of hydrogen-bond acceptors (Lipinski definition) is 7. The molecule has 0 saturated carbocycles. The van der Waals surface area contributed by atoms with Gasteiger partial charge in [0, 0.05) is 25.2 Å². The zero-order valence-electron chi connectivity index (χ0n) is 12.6. The van der Waals surface area contributed by atoms with E-state index in [1.54, 1.807) is 6.07 Å². The van der Waals surface area contributed by atoms with Gasteiger partial charge in [-0.3, -0.25) is 9.69 Å². The van der Waals surface area contributed by atoms with Crippen molar-refractivity contribution in [1.29, 1.82) is 0 Å². The zero-order chi connectivity index (χ0) is 16.1. The Morgan fingerprint density at radius 2 is 2.22 bits per heavy atom. The molecule has 2 aliphatic rings. The lowest BCUT2D eigenvalue weighted by Crippen LogP contribution is -2.35. The van der Waals surface area contributed by atoms with E-state index in [9.17, 15) is 9.90 Å². The molecule has 0 radical (unpaired) electrons. The van der Waals surface area contributed by atoms with Crippen LogP contribution < -0.4 is 5.32 Å². The maximum absolute atomic E-state index is 11.1. The van der Waals surface area contributed by atoms with E-state index in [1.807, 2.05) is 12.1 Å². The third-order valence-corrected chi connectivity index (χ3v) is 4.40. The molecule has 0 aromatic heterocycles. The van der Waals surface area contributed by atoms with Crippen molar-refractivity contribution in [2.45, 2.75) is 6.54 Å². The van der Waals surface area contributed by atoms with Crippen molar-refractivity contribution >= 4 is 29.1 Å². The molecule has 1 aromatic rings. The number of hydrogen-bond donors (Lipinski definition) is 2. The van der Waals surface area contributed by atoms with E-state index in [2.05, 4.69) is 20.4 Å². The second kappa shape index (κ2) is 7.58. The molecule has 7 nitrogen and oxygen atoms in total. The first kappa shape index (κ1) is 16.0. The van der Waals surface area contributed by atoms with E-state index >= 15 is 0 Å². The molecule has 0 unspecified atom stereocenters. The number of aromatic hydroxyl groups is 1. The maximum Gasteiger partial charge on any atom is 0.236 e. The van der Waals surface area contributed by atoms with Crippen molar-refractivity contribution in [2.24, 2.45) is 10.2 Å². The molecule has 0 atom stereocenters. The number of benzene rings is 1. The molecule has 122 valence electrons. The van der Waals surface area contributed by atoms with Crippen LogP contribution in [-0.2, 0) is 16.1 Å². The molecule has 1 aromatic carbocycles. The number of thioether (sulfide) groups is 1. The summed E-state index contributed by atoms with van der Waals surface area (Å²) in [4.78, 5) is 13.4. The molecule has 2 heterocycles. The number of carbonyl (C=O) groups excluding carboxylic acids is 1. The van der Waals surface area contributed by atoms with E-state index in [0.29, 0.717) is 16.5 Å². The van der Waals surface area contributed by atoms with Crippen molar-refractivity contribution in [2.75, 3.05) is 32.1 Å². The maximum atomic E-state index is 11.1. The molecule has 3 rings (SSSR count). The summed E-state index contributed by atoms with van der Waals surface area (Å²) in [6, 6.07) is 5.46.